The van der Waals surface area contributed by atoms with Gasteiger partial charge in [0.05, 0.1) is 11.4 Å². The topological polar surface area (TPSA) is 115 Å². The Hall–Kier alpha value is -2.96. The quantitative estimate of drug-likeness (QED) is 0.312. The number of aromatic nitrogens is 3. The zero-order chi connectivity index (χ0) is 20.9. The van der Waals surface area contributed by atoms with Gasteiger partial charge in [-0.05, 0) is 30.7 Å². The molecule has 3 heterocycles. The molecule has 4 rings (SSSR count). The zero-order valence-corrected chi connectivity index (χ0v) is 18.0. The number of thiazole rings is 1. The van der Waals surface area contributed by atoms with Gasteiger partial charge in [-0.15, -0.1) is 21.5 Å². The van der Waals surface area contributed by atoms with Crippen molar-refractivity contribution in [2.24, 2.45) is 0 Å². The summed E-state index contributed by atoms with van der Waals surface area (Å²) in [5.74, 6) is 0.993. The van der Waals surface area contributed by atoms with Crippen molar-refractivity contribution in [3.63, 3.8) is 0 Å². The lowest BCUT2D eigenvalue weighted by Crippen LogP contribution is -2.13. The Morgan fingerprint density at radius 2 is 2.07 bits per heavy atom. The highest BCUT2D eigenvalue weighted by Crippen LogP contribution is 2.32. The standard InChI is InChI=1S/C18H15N5O4S3/c1-10-7-28-16(19-10)21-15(25)8-29-18-23-22-17(30-18)20-14(24)5-3-11-2-4-12-13(6-11)27-9-26-12/h2-7H,8-9H2,1H3,(H,19,21,25)(H,20,22,24). The minimum atomic E-state index is -0.336. The van der Waals surface area contributed by atoms with E-state index < -0.39 is 0 Å². The van der Waals surface area contributed by atoms with Crippen molar-refractivity contribution in [1.82, 2.24) is 15.2 Å². The summed E-state index contributed by atoms with van der Waals surface area (Å²) in [5, 5.41) is 16.1. The van der Waals surface area contributed by atoms with Crippen LogP contribution in [0.15, 0.2) is 34.0 Å². The number of nitrogens with zero attached hydrogens (tertiary/aromatic N) is 3. The van der Waals surface area contributed by atoms with Crippen LogP contribution in [-0.4, -0.2) is 39.5 Å². The van der Waals surface area contributed by atoms with E-state index in [-0.39, 0.29) is 24.4 Å². The number of hydrogen-bond acceptors (Lipinski definition) is 10. The van der Waals surface area contributed by atoms with Gasteiger partial charge < -0.3 is 14.8 Å². The lowest BCUT2D eigenvalue weighted by Gasteiger charge is -1.99. The van der Waals surface area contributed by atoms with Crippen molar-refractivity contribution < 1.29 is 19.1 Å². The molecule has 154 valence electrons. The third-order valence-corrected chi connectivity index (χ3v) is 6.50. The highest BCUT2D eigenvalue weighted by atomic mass is 32.2. The van der Waals surface area contributed by atoms with Crippen LogP contribution in [-0.2, 0) is 9.59 Å². The summed E-state index contributed by atoms with van der Waals surface area (Å²) >= 11 is 3.81. The van der Waals surface area contributed by atoms with Gasteiger partial charge in [0.25, 0.3) is 0 Å². The van der Waals surface area contributed by atoms with Gasteiger partial charge in [-0.1, -0.05) is 29.2 Å². The molecule has 2 aromatic heterocycles. The lowest BCUT2D eigenvalue weighted by atomic mass is 10.2. The largest absolute Gasteiger partial charge is 0.454 e. The maximum Gasteiger partial charge on any atom is 0.250 e. The Balaban J connectivity index is 1.25. The first kappa shape index (κ1) is 20.3. The molecule has 1 aliphatic rings. The molecule has 12 heteroatoms. The molecule has 2 N–H and O–H groups in total. The van der Waals surface area contributed by atoms with Gasteiger partial charge in [-0.3, -0.25) is 14.9 Å². The predicted molar refractivity (Wildman–Crippen MR) is 116 cm³/mol. The Kier molecular flexibility index (Phi) is 6.26. The smallest absolute Gasteiger partial charge is 0.250 e. The molecule has 3 aromatic rings. The van der Waals surface area contributed by atoms with Crippen LogP contribution in [0.25, 0.3) is 6.08 Å². The zero-order valence-electron chi connectivity index (χ0n) is 15.6. The van der Waals surface area contributed by atoms with Gasteiger partial charge in [0.1, 0.15) is 0 Å². The maximum atomic E-state index is 12.1. The van der Waals surface area contributed by atoms with E-state index in [0.717, 1.165) is 11.3 Å². The normalized spacial score (nSPS) is 12.3. The Morgan fingerprint density at radius 3 is 2.90 bits per heavy atom. The fraction of sp³-hybridized carbons (Fsp3) is 0.167. The fourth-order valence-corrected chi connectivity index (χ4v) is 4.61. The van der Waals surface area contributed by atoms with Crippen molar-refractivity contribution >= 4 is 62.6 Å². The van der Waals surface area contributed by atoms with Gasteiger partial charge in [0.2, 0.25) is 23.7 Å². The summed E-state index contributed by atoms with van der Waals surface area (Å²) in [6.45, 7) is 2.06. The number of aryl methyl sites for hydroxylation is 1. The second-order valence-electron chi connectivity index (χ2n) is 5.94. The minimum absolute atomic E-state index is 0.172. The first-order valence-corrected chi connectivity index (χ1v) is 11.3. The fourth-order valence-electron chi connectivity index (χ4n) is 2.35. The SMILES string of the molecule is Cc1csc(NC(=O)CSc2nnc(NC(=O)C=Cc3ccc4c(c3)OCO4)s2)n1. The van der Waals surface area contributed by atoms with Crippen LogP contribution < -0.4 is 20.1 Å². The Bertz CT molecular complexity index is 1110. The monoisotopic (exact) mass is 461 g/mol. The predicted octanol–water partition coefficient (Wildman–Crippen LogP) is 3.41. The van der Waals surface area contributed by atoms with E-state index in [0.29, 0.717) is 26.1 Å². The van der Waals surface area contributed by atoms with Crippen LogP contribution in [0.3, 0.4) is 0 Å². The molecule has 2 amide bonds. The Labute approximate surface area is 183 Å². The van der Waals surface area contributed by atoms with E-state index in [9.17, 15) is 9.59 Å². The molecule has 0 saturated carbocycles. The average molecular weight is 462 g/mol. The van der Waals surface area contributed by atoms with Gasteiger partial charge in [-0.25, -0.2) is 4.98 Å². The summed E-state index contributed by atoms with van der Waals surface area (Å²) in [7, 11) is 0. The Morgan fingerprint density at radius 1 is 1.20 bits per heavy atom. The van der Waals surface area contributed by atoms with Crippen LogP contribution in [0, 0.1) is 6.92 Å². The molecule has 0 aliphatic carbocycles. The van der Waals surface area contributed by atoms with Gasteiger partial charge >= 0.3 is 0 Å². The molecule has 0 saturated heterocycles. The molecular formula is C18H15N5O4S3. The molecule has 0 spiro atoms. The van der Waals surface area contributed by atoms with E-state index in [2.05, 4.69) is 25.8 Å². The van der Waals surface area contributed by atoms with Crippen molar-refractivity contribution in [1.29, 1.82) is 0 Å². The van der Waals surface area contributed by atoms with E-state index in [1.807, 2.05) is 18.4 Å². The van der Waals surface area contributed by atoms with Gasteiger partial charge in [-0.2, -0.15) is 0 Å². The number of nitrogens with one attached hydrogen (secondary N) is 2. The van der Waals surface area contributed by atoms with Crippen molar-refractivity contribution in [3.8, 4) is 11.5 Å². The molecule has 1 aromatic carbocycles. The van der Waals surface area contributed by atoms with E-state index >= 15 is 0 Å². The van der Waals surface area contributed by atoms with Crippen molar-refractivity contribution in [2.75, 3.05) is 23.2 Å². The van der Waals surface area contributed by atoms with Gasteiger partial charge in [0.15, 0.2) is 21.0 Å². The number of carbonyl (C=O) groups is 2. The number of carbonyl (C=O) groups excluding carboxylic acids is 2. The molecule has 0 bridgehead atoms. The van der Waals surface area contributed by atoms with Crippen LogP contribution in [0.2, 0.25) is 0 Å². The van der Waals surface area contributed by atoms with Crippen LogP contribution in [0.1, 0.15) is 11.3 Å². The highest BCUT2D eigenvalue weighted by molar-refractivity contribution is 8.01. The number of fused-ring (bicyclic) bond motifs is 1. The van der Waals surface area contributed by atoms with E-state index in [1.165, 1.54) is 40.5 Å². The third-order valence-electron chi connectivity index (χ3n) is 3.65. The highest BCUT2D eigenvalue weighted by Gasteiger charge is 2.13. The van der Waals surface area contributed by atoms with Gasteiger partial charge in [0, 0.05) is 11.5 Å². The average Bonchev–Trinajstić information content (AvgIpc) is 3.46. The molecule has 9 nitrogen and oxygen atoms in total. The molecule has 0 radical (unpaired) electrons. The molecule has 30 heavy (non-hydrogen) atoms. The first-order valence-electron chi connectivity index (χ1n) is 8.62. The molecule has 1 aliphatic heterocycles. The maximum absolute atomic E-state index is 12.1. The minimum Gasteiger partial charge on any atom is -0.454 e. The number of rotatable bonds is 7. The molecular weight excluding hydrogens is 446 g/mol. The molecule has 0 fully saturated rings. The second kappa shape index (κ2) is 9.24. The molecule has 0 atom stereocenters. The van der Waals surface area contributed by atoms with E-state index in [4.69, 9.17) is 9.47 Å². The number of ether oxygens (including phenoxy) is 2. The summed E-state index contributed by atoms with van der Waals surface area (Å²) in [4.78, 5) is 28.3. The number of thioether (sulfide) groups is 1. The van der Waals surface area contributed by atoms with Crippen LogP contribution in [0.5, 0.6) is 11.5 Å². The number of benzene rings is 1. The van der Waals surface area contributed by atoms with Crippen LogP contribution in [0.4, 0.5) is 10.3 Å². The number of amides is 2. The van der Waals surface area contributed by atoms with Crippen molar-refractivity contribution in [3.05, 3.63) is 40.9 Å². The van der Waals surface area contributed by atoms with Crippen LogP contribution >= 0.6 is 34.4 Å². The first-order chi connectivity index (χ1) is 14.5. The summed E-state index contributed by atoms with van der Waals surface area (Å²) in [5.41, 5.74) is 1.67. The number of hydrogen-bond donors (Lipinski definition) is 2. The summed E-state index contributed by atoms with van der Waals surface area (Å²) in [6, 6.07) is 5.42. The molecule has 0 unspecified atom stereocenters. The lowest BCUT2D eigenvalue weighted by molar-refractivity contribution is -0.114. The van der Waals surface area contributed by atoms with E-state index in [1.54, 1.807) is 18.2 Å². The second-order valence-corrected chi connectivity index (χ2v) is 9.00. The summed E-state index contributed by atoms with van der Waals surface area (Å²) in [6.07, 6.45) is 3.06. The number of anilines is 2. The van der Waals surface area contributed by atoms with Crippen molar-refractivity contribution in [2.45, 2.75) is 11.3 Å². The third kappa shape index (κ3) is 5.34. The summed E-state index contributed by atoms with van der Waals surface area (Å²) < 4.78 is 11.1.